The van der Waals surface area contributed by atoms with E-state index in [0.29, 0.717) is 35.1 Å². The summed E-state index contributed by atoms with van der Waals surface area (Å²) in [5.74, 6) is -0.875. The van der Waals surface area contributed by atoms with Crippen LogP contribution in [-0.4, -0.2) is 36.1 Å². The molecule has 1 aromatic carbocycles. The van der Waals surface area contributed by atoms with Crippen molar-refractivity contribution in [3.63, 3.8) is 0 Å². The average Bonchev–Trinajstić information content (AvgIpc) is 3.18. The van der Waals surface area contributed by atoms with E-state index in [4.69, 9.17) is 21.1 Å². The van der Waals surface area contributed by atoms with Gasteiger partial charge in [0.15, 0.2) is 0 Å². The maximum Gasteiger partial charge on any atom is 0.339 e. The number of hydrogen-bond acceptors (Lipinski definition) is 4. The Morgan fingerprint density at radius 1 is 1.38 bits per heavy atom. The molecule has 1 aliphatic heterocycles. The van der Waals surface area contributed by atoms with E-state index in [1.807, 2.05) is 0 Å². The van der Waals surface area contributed by atoms with Gasteiger partial charge in [-0.1, -0.05) is 11.6 Å². The Balaban J connectivity index is 1.73. The fraction of sp³-hybridized carbons (Fsp3) is 0.235. The van der Waals surface area contributed by atoms with Crippen molar-refractivity contribution >= 4 is 35.2 Å². The maximum absolute atomic E-state index is 12.4. The van der Waals surface area contributed by atoms with Crippen LogP contribution in [0.2, 0.25) is 5.02 Å². The summed E-state index contributed by atoms with van der Waals surface area (Å²) in [4.78, 5) is 36.7. The molecule has 26 heavy (non-hydrogen) atoms. The minimum absolute atomic E-state index is 0.0368. The van der Waals surface area contributed by atoms with Crippen LogP contribution < -0.4 is 15.5 Å². The SMILES string of the molecule is Cc1oc(CNC(=O)c2ccc(Cl)c(N3CCNC3=O)c2)cc1C(=O)O. The van der Waals surface area contributed by atoms with Crippen LogP contribution in [0.15, 0.2) is 28.7 Å². The van der Waals surface area contributed by atoms with Gasteiger partial charge in [-0.15, -0.1) is 0 Å². The second-order valence-corrected chi connectivity index (χ2v) is 6.13. The van der Waals surface area contributed by atoms with Gasteiger partial charge in [-0.05, 0) is 31.2 Å². The predicted octanol–water partition coefficient (Wildman–Crippen LogP) is 2.40. The van der Waals surface area contributed by atoms with Crippen LogP contribution in [0.1, 0.15) is 32.2 Å². The Kier molecular flexibility index (Phi) is 4.85. The monoisotopic (exact) mass is 377 g/mol. The summed E-state index contributed by atoms with van der Waals surface area (Å²) in [6.07, 6.45) is 0. The number of carbonyl (C=O) groups is 3. The molecule has 8 nitrogen and oxygen atoms in total. The second kappa shape index (κ2) is 7.09. The Labute approximate surface area is 153 Å². The molecule has 2 aromatic rings. The molecule has 1 aliphatic rings. The van der Waals surface area contributed by atoms with Crippen molar-refractivity contribution in [2.45, 2.75) is 13.5 Å². The lowest BCUT2D eigenvalue weighted by Gasteiger charge is -2.17. The molecule has 9 heteroatoms. The molecular weight excluding hydrogens is 362 g/mol. The first-order valence-corrected chi connectivity index (χ1v) is 8.20. The van der Waals surface area contributed by atoms with E-state index in [2.05, 4.69) is 10.6 Å². The number of amides is 3. The van der Waals surface area contributed by atoms with Gasteiger partial charge in [-0.3, -0.25) is 9.69 Å². The van der Waals surface area contributed by atoms with Crippen molar-refractivity contribution < 1.29 is 23.9 Å². The van der Waals surface area contributed by atoms with Crippen LogP contribution in [-0.2, 0) is 6.54 Å². The van der Waals surface area contributed by atoms with Gasteiger partial charge in [0.25, 0.3) is 5.91 Å². The molecule has 0 bridgehead atoms. The minimum Gasteiger partial charge on any atom is -0.478 e. The zero-order chi connectivity index (χ0) is 18.8. The van der Waals surface area contributed by atoms with Crippen LogP contribution in [0, 0.1) is 6.92 Å². The molecular formula is C17H16ClN3O5. The molecule has 1 fully saturated rings. The van der Waals surface area contributed by atoms with Gasteiger partial charge in [-0.2, -0.15) is 0 Å². The Hall–Kier alpha value is -3.00. The lowest BCUT2D eigenvalue weighted by atomic mass is 10.1. The summed E-state index contributed by atoms with van der Waals surface area (Å²) >= 11 is 6.15. The molecule has 0 radical (unpaired) electrons. The molecule has 0 atom stereocenters. The van der Waals surface area contributed by atoms with E-state index in [9.17, 15) is 14.4 Å². The smallest absolute Gasteiger partial charge is 0.339 e. The number of urea groups is 1. The molecule has 2 heterocycles. The van der Waals surface area contributed by atoms with Crippen LogP contribution in [0.5, 0.6) is 0 Å². The van der Waals surface area contributed by atoms with Gasteiger partial charge < -0.3 is 20.2 Å². The Morgan fingerprint density at radius 3 is 2.77 bits per heavy atom. The molecule has 0 unspecified atom stereocenters. The van der Waals surface area contributed by atoms with E-state index in [1.54, 1.807) is 25.1 Å². The first-order valence-electron chi connectivity index (χ1n) is 7.82. The van der Waals surface area contributed by atoms with Crippen molar-refractivity contribution in [2.24, 2.45) is 0 Å². The van der Waals surface area contributed by atoms with Gasteiger partial charge in [0.2, 0.25) is 0 Å². The number of carboxylic acids is 1. The standard InChI is InChI=1S/C17H16ClN3O5/c1-9-12(16(23)24)7-11(26-9)8-20-15(22)10-2-3-13(18)14(6-10)21-5-4-19-17(21)25/h2-3,6-7H,4-5,8H2,1H3,(H,19,25)(H,20,22)(H,23,24). The summed E-state index contributed by atoms with van der Waals surface area (Å²) in [7, 11) is 0. The van der Waals surface area contributed by atoms with Crippen molar-refractivity contribution in [2.75, 3.05) is 18.0 Å². The largest absolute Gasteiger partial charge is 0.478 e. The van der Waals surface area contributed by atoms with Crippen molar-refractivity contribution in [3.8, 4) is 0 Å². The second-order valence-electron chi connectivity index (χ2n) is 5.72. The van der Waals surface area contributed by atoms with Crippen molar-refractivity contribution in [1.82, 2.24) is 10.6 Å². The van der Waals surface area contributed by atoms with E-state index in [0.717, 1.165) is 0 Å². The number of carbonyl (C=O) groups excluding carboxylic acids is 2. The third-order valence-electron chi connectivity index (χ3n) is 3.98. The molecule has 3 rings (SSSR count). The maximum atomic E-state index is 12.4. The van der Waals surface area contributed by atoms with Gasteiger partial charge in [0, 0.05) is 18.7 Å². The first kappa shape index (κ1) is 17.8. The molecule has 136 valence electrons. The molecule has 3 N–H and O–H groups in total. The number of nitrogens with one attached hydrogen (secondary N) is 2. The van der Waals surface area contributed by atoms with Crippen molar-refractivity contribution in [3.05, 3.63) is 51.9 Å². The normalized spacial score (nSPS) is 13.6. The molecule has 0 spiro atoms. The molecule has 1 saturated heterocycles. The summed E-state index contributed by atoms with van der Waals surface area (Å²) in [6.45, 7) is 2.55. The van der Waals surface area contributed by atoms with E-state index in [-0.39, 0.29) is 23.9 Å². The predicted molar refractivity (Wildman–Crippen MR) is 93.8 cm³/mol. The number of anilines is 1. The highest BCUT2D eigenvalue weighted by Gasteiger charge is 2.24. The first-order chi connectivity index (χ1) is 12.4. The quantitative estimate of drug-likeness (QED) is 0.740. The van der Waals surface area contributed by atoms with Crippen molar-refractivity contribution in [1.29, 1.82) is 0 Å². The van der Waals surface area contributed by atoms with E-state index >= 15 is 0 Å². The number of carboxylic acid groups (broad SMARTS) is 1. The van der Waals surface area contributed by atoms with Gasteiger partial charge in [0.1, 0.15) is 17.1 Å². The number of rotatable bonds is 5. The third kappa shape index (κ3) is 3.50. The van der Waals surface area contributed by atoms with Crippen LogP contribution in [0.4, 0.5) is 10.5 Å². The highest BCUT2D eigenvalue weighted by atomic mass is 35.5. The molecule has 0 saturated carbocycles. The van der Waals surface area contributed by atoms with Gasteiger partial charge >= 0.3 is 12.0 Å². The number of halogens is 1. The van der Waals surface area contributed by atoms with E-state index < -0.39 is 11.9 Å². The zero-order valence-electron chi connectivity index (χ0n) is 13.8. The number of furan rings is 1. The zero-order valence-corrected chi connectivity index (χ0v) is 14.6. The fourth-order valence-electron chi connectivity index (χ4n) is 2.67. The summed E-state index contributed by atoms with van der Waals surface area (Å²) in [5.41, 5.74) is 0.838. The minimum atomic E-state index is -1.09. The number of hydrogen-bond donors (Lipinski definition) is 3. The molecule has 0 aliphatic carbocycles. The lowest BCUT2D eigenvalue weighted by molar-refractivity contribution is 0.0694. The topological polar surface area (TPSA) is 112 Å². The number of aromatic carboxylic acids is 1. The lowest BCUT2D eigenvalue weighted by Crippen LogP contribution is -2.28. The van der Waals surface area contributed by atoms with Crippen LogP contribution in [0.3, 0.4) is 0 Å². The fourth-order valence-corrected chi connectivity index (χ4v) is 2.89. The molecule has 1 aromatic heterocycles. The van der Waals surface area contributed by atoms with Crippen LogP contribution in [0.25, 0.3) is 0 Å². The van der Waals surface area contributed by atoms with Crippen LogP contribution >= 0.6 is 11.6 Å². The third-order valence-corrected chi connectivity index (χ3v) is 4.30. The number of benzene rings is 1. The van der Waals surface area contributed by atoms with Gasteiger partial charge in [-0.25, -0.2) is 9.59 Å². The van der Waals surface area contributed by atoms with Gasteiger partial charge in [0.05, 0.1) is 17.3 Å². The number of nitrogens with zero attached hydrogens (tertiary/aromatic N) is 1. The highest BCUT2D eigenvalue weighted by Crippen LogP contribution is 2.28. The Morgan fingerprint density at radius 2 is 2.15 bits per heavy atom. The summed E-state index contributed by atoms with van der Waals surface area (Å²) in [5, 5.41) is 14.7. The molecule has 3 amide bonds. The summed E-state index contributed by atoms with van der Waals surface area (Å²) in [6, 6.07) is 5.75. The number of aryl methyl sites for hydroxylation is 1. The average molecular weight is 378 g/mol. The summed E-state index contributed by atoms with van der Waals surface area (Å²) < 4.78 is 5.32. The highest BCUT2D eigenvalue weighted by molar-refractivity contribution is 6.34. The Bertz CT molecular complexity index is 893. The van der Waals surface area contributed by atoms with E-state index in [1.165, 1.54) is 11.0 Å².